The molecule has 0 bridgehead atoms. The van der Waals surface area contributed by atoms with Gasteiger partial charge in [-0.2, -0.15) is 0 Å². The molecule has 4 nitrogen and oxygen atoms in total. The van der Waals surface area contributed by atoms with Crippen LogP contribution in [-0.4, -0.2) is 23.1 Å². The SMILES string of the molecule is CCOC(CNc1ncnc(CC)c1F)c1ccccc1. The topological polar surface area (TPSA) is 47.0 Å². The first-order valence-electron chi connectivity index (χ1n) is 7.16. The van der Waals surface area contributed by atoms with E-state index in [9.17, 15) is 4.39 Å². The largest absolute Gasteiger partial charge is 0.372 e. The highest BCUT2D eigenvalue weighted by atomic mass is 19.1. The van der Waals surface area contributed by atoms with Crippen molar-refractivity contribution >= 4 is 5.82 Å². The van der Waals surface area contributed by atoms with E-state index in [1.165, 1.54) is 6.33 Å². The first-order valence-corrected chi connectivity index (χ1v) is 7.16. The molecule has 1 N–H and O–H groups in total. The zero-order valence-corrected chi connectivity index (χ0v) is 12.3. The van der Waals surface area contributed by atoms with Crippen molar-refractivity contribution in [2.24, 2.45) is 0 Å². The maximum absolute atomic E-state index is 14.1. The summed E-state index contributed by atoms with van der Waals surface area (Å²) in [6.45, 7) is 4.85. The summed E-state index contributed by atoms with van der Waals surface area (Å²) in [4.78, 5) is 7.88. The molecule has 1 atom stereocenters. The summed E-state index contributed by atoms with van der Waals surface area (Å²) in [5.74, 6) is -0.161. The Bertz CT molecular complexity index is 563. The van der Waals surface area contributed by atoms with Gasteiger partial charge in [-0.05, 0) is 18.9 Å². The van der Waals surface area contributed by atoms with Crippen LogP contribution in [0.1, 0.15) is 31.2 Å². The fourth-order valence-corrected chi connectivity index (χ4v) is 2.11. The Labute approximate surface area is 124 Å². The number of hydrogen-bond donors (Lipinski definition) is 1. The highest BCUT2D eigenvalue weighted by Gasteiger charge is 2.14. The lowest BCUT2D eigenvalue weighted by molar-refractivity contribution is 0.0718. The number of ether oxygens (including phenoxy) is 1. The molecule has 0 radical (unpaired) electrons. The lowest BCUT2D eigenvalue weighted by Crippen LogP contribution is -2.17. The zero-order chi connectivity index (χ0) is 15.1. The number of hydrogen-bond acceptors (Lipinski definition) is 4. The summed E-state index contributed by atoms with van der Waals surface area (Å²) in [5, 5.41) is 3.02. The third-order valence-electron chi connectivity index (χ3n) is 3.19. The average molecular weight is 289 g/mol. The quantitative estimate of drug-likeness (QED) is 0.849. The van der Waals surface area contributed by atoms with E-state index in [0.717, 1.165) is 5.56 Å². The highest BCUT2D eigenvalue weighted by Crippen LogP contribution is 2.19. The number of rotatable bonds is 7. The lowest BCUT2D eigenvalue weighted by Gasteiger charge is -2.18. The molecule has 2 aromatic rings. The molecule has 1 heterocycles. The fourth-order valence-electron chi connectivity index (χ4n) is 2.11. The van der Waals surface area contributed by atoms with Gasteiger partial charge >= 0.3 is 0 Å². The second-order valence-corrected chi connectivity index (χ2v) is 4.57. The predicted molar refractivity (Wildman–Crippen MR) is 80.7 cm³/mol. The summed E-state index contributed by atoms with van der Waals surface area (Å²) >= 11 is 0. The minimum Gasteiger partial charge on any atom is -0.372 e. The monoisotopic (exact) mass is 289 g/mol. The zero-order valence-electron chi connectivity index (χ0n) is 12.3. The van der Waals surface area contributed by atoms with Crippen LogP contribution in [0.3, 0.4) is 0 Å². The van der Waals surface area contributed by atoms with Crippen molar-refractivity contribution in [3.8, 4) is 0 Å². The van der Waals surface area contributed by atoms with E-state index in [4.69, 9.17) is 4.74 Å². The Morgan fingerprint density at radius 2 is 1.95 bits per heavy atom. The molecule has 2 rings (SSSR count). The standard InChI is InChI=1S/C16H20FN3O/c1-3-13-15(17)16(20-11-19-13)18-10-14(21-4-2)12-8-6-5-7-9-12/h5-9,11,14H,3-4,10H2,1-2H3,(H,18,19,20). The van der Waals surface area contributed by atoms with Crippen molar-refractivity contribution in [2.45, 2.75) is 26.4 Å². The van der Waals surface area contributed by atoms with Gasteiger partial charge < -0.3 is 10.1 Å². The minimum absolute atomic E-state index is 0.143. The maximum Gasteiger partial charge on any atom is 0.186 e. The average Bonchev–Trinajstić information content (AvgIpc) is 2.53. The van der Waals surface area contributed by atoms with E-state index in [2.05, 4.69) is 15.3 Å². The van der Waals surface area contributed by atoms with E-state index in [-0.39, 0.29) is 17.7 Å². The molecule has 1 aromatic carbocycles. The Kier molecular flexibility index (Phi) is 5.63. The molecule has 0 fully saturated rings. The van der Waals surface area contributed by atoms with Crippen molar-refractivity contribution in [3.63, 3.8) is 0 Å². The number of aromatic nitrogens is 2. The van der Waals surface area contributed by atoms with Gasteiger partial charge in [-0.15, -0.1) is 0 Å². The van der Waals surface area contributed by atoms with E-state index >= 15 is 0 Å². The molecule has 0 saturated heterocycles. The molecular formula is C16H20FN3O. The molecule has 0 aliphatic carbocycles. The van der Waals surface area contributed by atoms with Crippen LogP contribution in [0.25, 0.3) is 0 Å². The number of aryl methyl sites for hydroxylation is 1. The van der Waals surface area contributed by atoms with Gasteiger partial charge in [0.2, 0.25) is 0 Å². The molecule has 0 saturated carbocycles. The molecule has 21 heavy (non-hydrogen) atoms. The summed E-state index contributed by atoms with van der Waals surface area (Å²) in [6.07, 6.45) is 1.77. The van der Waals surface area contributed by atoms with Gasteiger partial charge in [-0.25, -0.2) is 14.4 Å². The minimum atomic E-state index is -0.386. The van der Waals surface area contributed by atoms with E-state index in [1.54, 1.807) is 0 Å². The van der Waals surface area contributed by atoms with Crippen LogP contribution in [0, 0.1) is 5.82 Å². The van der Waals surface area contributed by atoms with Gasteiger partial charge in [0, 0.05) is 13.2 Å². The third kappa shape index (κ3) is 3.98. The first-order chi connectivity index (χ1) is 10.3. The third-order valence-corrected chi connectivity index (χ3v) is 3.19. The Morgan fingerprint density at radius 1 is 1.19 bits per heavy atom. The van der Waals surface area contributed by atoms with Gasteiger partial charge in [-0.3, -0.25) is 0 Å². The maximum atomic E-state index is 14.1. The molecule has 0 aliphatic rings. The molecule has 112 valence electrons. The summed E-state index contributed by atoms with van der Waals surface area (Å²) in [7, 11) is 0. The Balaban J connectivity index is 2.09. The van der Waals surface area contributed by atoms with Crippen LogP contribution in [0.5, 0.6) is 0 Å². The second kappa shape index (κ2) is 7.69. The number of benzene rings is 1. The van der Waals surface area contributed by atoms with Crippen molar-refractivity contribution in [3.05, 3.63) is 53.7 Å². The van der Waals surface area contributed by atoms with Crippen LogP contribution in [0.4, 0.5) is 10.2 Å². The van der Waals surface area contributed by atoms with Gasteiger partial charge in [0.05, 0.1) is 11.8 Å². The smallest absolute Gasteiger partial charge is 0.186 e. The summed E-state index contributed by atoms with van der Waals surface area (Å²) < 4.78 is 19.8. The van der Waals surface area contributed by atoms with Crippen LogP contribution in [0.15, 0.2) is 36.7 Å². The molecule has 1 unspecified atom stereocenters. The Morgan fingerprint density at radius 3 is 2.62 bits per heavy atom. The van der Waals surface area contributed by atoms with E-state index in [1.807, 2.05) is 44.2 Å². The summed E-state index contributed by atoms with van der Waals surface area (Å²) in [5.41, 5.74) is 1.47. The van der Waals surface area contributed by atoms with Crippen LogP contribution in [0.2, 0.25) is 0 Å². The molecule has 0 aliphatic heterocycles. The predicted octanol–water partition coefficient (Wildman–Crippen LogP) is 3.37. The summed E-state index contributed by atoms with van der Waals surface area (Å²) in [6, 6.07) is 9.87. The molecule has 1 aromatic heterocycles. The molecule has 5 heteroatoms. The number of halogens is 1. The lowest BCUT2D eigenvalue weighted by atomic mass is 10.1. The van der Waals surface area contributed by atoms with Crippen molar-refractivity contribution < 1.29 is 9.13 Å². The van der Waals surface area contributed by atoms with E-state index < -0.39 is 0 Å². The van der Waals surface area contributed by atoms with Gasteiger partial charge in [-0.1, -0.05) is 37.3 Å². The number of nitrogens with one attached hydrogen (secondary N) is 1. The van der Waals surface area contributed by atoms with Gasteiger partial charge in [0.15, 0.2) is 11.6 Å². The molecular weight excluding hydrogens is 269 g/mol. The van der Waals surface area contributed by atoms with Crippen LogP contribution < -0.4 is 5.32 Å². The first kappa shape index (κ1) is 15.4. The van der Waals surface area contributed by atoms with Crippen molar-refractivity contribution in [1.82, 2.24) is 9.97 Å². The van der Waals surface area contributed by atoms with Crippen molar-refractivity contribution in [2.75, 3.05) is 18.5 Å². The Hall–Kier alpha value is -2.01. The van der Waals surface area contributed by atoms with Crippen LogP contribution in [-0.2, 0) is 11.2 Å². The number of nitrogens with zero attached hydrogens (tertiary/aromatic N) is 2. The number of anilines is 1. The normalized spacial score (nSPS) is 12.1. The van der Waals surface area contributed by atoms with E-state index in [0.29, 0.717) is 25.3 Å². The molecule has 0 spiro atoms. The van der Waals surface area contributed by atoms with Crippen molar-refractivity contribution in [1.29, 1.82) is 0 Å². The molecule has 0 amide bonds. The fraction of sp³-hybridized carbons (Fsp3) is 0.375. The van der Waals surface area contributed by atoms with Crippen LogP contribution >= 0.6 is 0 Å². The highest BCUT2D eigenvalue weighted by molar-refractivity contribution is 5.38. The second-order valence-electron chi connectivity index (χ2n) is 4.57. The van der Waals surface area contributed by atoms with Gasteiger partial charge in [0.1, 0.15) is 6.33 Å². The van der Waals surface area contributed by atoms with Gasteiger partial charge in [0.25, 0.3) is 0 Å².